The third-order valence-corrected chi connectivity index (χ3v) is 3.63. The smallest absolute Gasteiger partial charge is 0.287 e. The topological polar surface area (TPSA) is 88.2 Å². The SMILES string of the molecule is COC1(CNc2ccc([N+](=O)[O-])c(C#N)c2)CCC1. The summed E-state index contributed by atoms with van der Waals surface area (Å²) in [6, 6.07) is 6.30. The highest BCUT2D eigenvalue weighted by molar-refractivity contribution is 5.58. The molecule has 1 aliphatic carbocycles. The van der Waals surface area contributed by atoms with Gasteiger partial charge in [-0.3, -0.25) is 10.1 Å². The van der Waals surface area contributed by atoms with Gasteiger partial charge in [-0.1, -0.05) is 0 Å². The van der Waals surface area contributed by atoms with Crippen molar-refractivity contribution in [2.45, 2.75) is 24.9 Å². The Bertz CT molecular complexity index is 527. The third kappa shape index (κ3) is 2.66. The van der Waals surface area contributed by atoms with Crippen LogP contribution in [0.2, 0.25) is 0 Å². The van der Waals surface area contributed by atoms with Crippen molar-refractivity contribution in [1.29, 1.82) is 5.26 Å². The van der Waals surface area contributed by atoms with Gasteiger partial charge in [0.25, 0.3) is 5.69 Å². The van der Waals surface area contributed by atoms with Gasteiger partial charge in [0.2, 0.25) is 0 Å². The Morgan fingerprint density at radius 2 is 2.32 bits per heavy atom. The number of hydrogen-bond acceptors (Lipinski definition) is 5. The molecule has 6 nitrogen and oxygen atoms in total. The van der Waals surface area contributed by atoms with Crippen LogP contribution in [0.15, 0.2) is 18.2 Å². The van der Waals surface area contributed by atoms with Crippen LogP contribution in [0.3, 0.4) is 0 Å². The molecule has 1 fully saturated rings. The van der Waals surface area contributed by atoms with E-state index in [2.05, 4.69) is 5.32 Å². The van der Waals surface area contributed by atoms with Gasteiger partial charge >= 0.3 is 0 Å². The Kier molecular flexibility index (Phi) is 3.67. The van der Waals surface area contributed by atoms with Gasteiger partial charge in [-0.05, 0) is 31.4 Å². The lowest BCUT2D eigenvalue weighted by molar-refractivity contribution is -0.385. The van der Waals surface area contributed by atoms with Crippen LogP contribution in [0, 0.1) is 21.4 Å². The molecular weight excluding hydrogens is 246 g/mol. The maximum absolute atomic E-state index is 10.7. The van der Waals surface area contributed by atoms with E-state index >= 15 is 0 Å². The van der Waals surface area contributed by atoms with Gasteiger partial charge in [0.05, 0.1) is 10.5 Å². The molecule has 0 saturated heterocycles. The molecule has 1 aromatic carbocycles. The molecule has 1 aromatic rings. The normalized spacial score (nSPS) is 16.2. The number of nitro benzene ring substituents is 1. The van der Waals surface area contributed by atoms with Crippen molar-refractivity contribution in [2.75, 3.05) is 19.0 Å². The van der Waals surface area contributed by atoms with E-state index in [4.69, 9.17) is 10.00 Å². The van der Waals surface area contributed by atoms with Crippen LogP contribution in [0.5, 0.6) is 0 Å². The van der Waals surface area contributed by atoms with Crippen LogP contribution in [-0.4, -0.2) is 24.2 Å². The minimum absolute atomic E-state index is 0.0649. The number of benzene rings is 1. The fourth-order valence-electron chi connectivity index (χ4n) is 2.18. The van der Waals surface area contributed by atoms with Gasteiger partial charge < -0.3 is 10.1 Å². The first kappa shape index (κ1) is 13.3. The molecule has 0 bridgehead atoms. The first-order valence-corrected chi connectivity index (χ1v) is 6.08. The van der Waals surface area contributed by atoms with E-state index in [1.54, 1.807) is 13.2 Å². The third-order valence-electron chi connectivity index (χ3n) is 3.63. The van der Waals surface area contributed by atoms with Crippen LogP contribution >= 0.6 is 0 Å². The summed E-state index contributed by atoms with van der Waals surface area (Å²) in [5.74, 6) is 0. The lowest BCUT2D eigenvalue weighted by Gasteiger charge is -2.40. The van der Waals surface area contributed by atoms with Crippen molar-refractivity contribution in [3.63, 3.8) is 0 Å². The van der Waals surface area contributed by atoms with Gasteiger partial charge in [0.1, 0.15) is 11.6 Å². The zero-order valence-corrected chi connectivity index (χ0v) is 10.7. The van der Waals surface area contributed by atoms with Crippen LogP contribution in [0.4, 0.5) is 11.4 Å². The Morgan fingerprint density at radius 1 is 1.58 bits per heavy atom. The summed E-state index contributed by atoms with van der Waals surface area (Å²) in [6.45, 7) is 0.645. The van der Waals surface area contributed by atoms with E-state index < -0.39 is 4.92 Å². The maximum atomic E-state index is 10.7. The molecule has 0 aliphatic heterocycles. The number of methoxy groups -OCH3 is 1. The average Bonchev–Trinajstić information content (AvgIpc) is 2.37. The Hall–Kier alpha value is -2.13. The highest BCUT2D eigenvalue weighted by Crippen LogP contribution is 2.35. The van der Waals surface area contributed by atoms with Gasteiger partial charge in [-0.15, -0.1) is 0 Å². The second-order valence-electron chi connectivity index (χ2n) is 4.70. The summed E-state index contributed by atoms with van der Waals surface area (Å²) < 4.78 is 5.48. The second-order valence-corrected chi connectivity index (χ2v) is 4.70. The summed E-state index contributed by atoms with van der Waals surface area (Å²) in [5, 5.41) is 22.8. The molecule has 0 unspecified atom stereocenters. The highest BCUT2D eigenvalue weighted by Gasteiger charge is 2.36. The molecule has 0 radical (unpaired) electrons. The predicted octanol–water partition coefficient (Wildman–Crippen LogP) is 2.45. The number of rotatable bonds is 5. The minimum atomic E-state index is -0.551. The summed E-state index contributed by atoms with van der Waals surface area (Å²) in [4.78, 5) is 10.2. The van der Waals surface area contributed by atoms with E-state index in [-0.39, 0.29) is 16.9 Å². The van der Waals surface area contributed by atoms with Gasteiger partial charge in [-0.2, -0.15) is 5.26 Å². The number of hydrogen-bond donors (Lipinski definition) is 1. The van der Waals surface area contributed by atoms with E-state index in [0.29, 0.717) is 12.2 Å². The summed E-state index contributed by atoms with van der Waals surface area (Å²) in [6.07, 6.45) is 3.17. The number of anilines is 1. The van der Waals surface area contributed by atoms with Gasteiger partial charge in [0, 0.05) is 25.4 Å². The second kappa shape index (κ2) is 5.24. The monoisotopic (exact) mass is 261 g/mol. The first-order valence-electron chi connectivity index (χ1n) is 6.08. The minimum Gasteiger partial charge on any atom is -0.382 e. The number of ether oxygens (including phenoxy) is 1. The van der Waals surface area contributed by atoms with Crippen LogP contribution < -0.4 is 5.32 Å². The van der Waals surface area contributed by atoms with E-state index in [0.717, 1.165) is 19.3 Å². The Morgan fingerprint density at radius 3 is 2.79 bits per heavy atom. The van der Waals surface area contributed by atoms with Crippen molar-refractivity contribution in [2.24, 2.45) is 0 Å². The molecule has 2 rings (SSSR count). The molecule has 0 spiro atoms. The van der Waals surface area contributed by atoms with E-state index in [1.165, 1.54) is 12.1 Å². The summed E-state index contributed by atoms with van der Waals surface area (Å²) >= 11 is 0. The molecule has 6 heteroatoms. The molecule has 19 heavy (non-hydrogen) atoms. The molecule has 1 aliphatic rings. The fourth-order valence-corrected chi connectivity index (χ4v) is 2.18. The van der Waals surface area contributed by atoms with Crippen LogP contribution in [0.1, 0.15) is 24.8 Å². The highest BCUT2D eigenvalue weighted by atomic mass is 16.6. The van der Waals surface area contributed by atoms with E-state index in [1.807, 2.05) is 6.07 Å². The zero-order valence-electron chi connectivity index (χ0n) is 10.7. The van der Waals surface area contributed by atoms with Crippen molar-refractivity contribution < 1.29 is 9.66 Å². The number of nitro groups is 1. The number of nitrogens with one attached hydrogen (secondary N) is 1. The molecular formula is C13H15N3O3. The van der Waals surface area contributed by atoms with Gasteiger partial charge in [0.15, 0.2) is 0 Å². The summed E-state index contributed by atoms with van der Waals surface area (Å²) in [5.41, 5.74) is 0.466. The molecule has 100 valence electrons. The summed E-state index contributed by atoms with van der Waals surface area (Å²) in [7, 11) is 1.69. The van der Waals surface area contributed by atoms with Crippen molar-refractivity contribution >= 4 is 11.4 Å². The van der Waals surface area contributed by atoms with Crippen molar-refractivity contribution in [3.05, 3.63) is 33.9 Å². The molecule has 0 atom stereocenters. The molecule has 0 amide bonds. The lowest BCUT2D eigenvalue weighted by atomic mass is 9.80. The number of nitriles is 1. The predicted molar refractivity (Wildman–Crippen MR) is 69.9 cm³/mol. The zero-order chi connectivity index (χ0) is 13.9. The van der Waals surface area contributed by atoms with Crippen molar-refractivity contribution in [1.82, 2.24) is 0 Å². The Balaban J connectivity index is 2.10. The van der Waals surface area contributed by atoms with Gasteiger partial charge in [-0.25, -0.2) is 0 Å². The first-order chi connectivity index (χ1) is 9.10. The van der Waals surface area contributed by atoms with Crippen LogP contribution in [0.25, 0.3) is 0 Å². The van der Waals surface area contributed by atoms with Crippen molar-refractivity contribution in [3.8, 4) is 6.07 Å². The average molecular weight is 261 g/mol. The molecule has 0 aromatic heterocycles. The Labute approximate surface area is 111 Å². The standard InChI is InChI=1S/C13H15N3O3/c1-19-13(5-2-6-13)9-15-11-3-4-12(16(17)18)10(7-11)8-14/h3-4,7,15H,2,5-6,9H2,1H3. The lowest BCUT2D eigenvalue weighted by Crippen LogP contribution is -2.45. The molecule has 0 heterocycles. The largest absolute Gasteiger partial charge is 0.382 e. The number of nitrogens with zero attached hydrogens (tertiary/aromatic N) is 2. The molecule has 1 N–H and O–H groups in total. The molecule has 1 saturated carbocycles. The maximum Gasteiger partial charge on any atom is 0.287 e. The van der Waals surface area contributed by atoms with Crippen LogP contribution in [-0.2, 0) is 4.74 Å². The quantitative estimate of drug-likeness (QED) is 0.649. The van der Waals surface area contributed by atoms with E-state index in [9.17, 15) is 10.1 Å². The fraction of sp³-hybridized carbons (Fsp3) is 0.462.